The molecule has 0 bridgehead atoms. The van der Waals surface area contributed by atoms with E-state index < -0.39 is 11.6 Å². The zero-order valence-corrected chi connectivity index (χ0v) is 7.70. The Balaban J connectivity index is 1.91. The van der Waals surface area contributed by atoms with Crippen molar-refractivity contribution >= 4 is 5.97 Å². The summed E-state index contributed by atoms with van der Waals surface area (Å²) in [5.41, 5.74) is -0.508. The van der Waals surface area contributed by atoms with Gasteiger partial charge in [-0.25, -0.2) is 0 Å². The SMILES string of the molecule is O=C(O)C1CCC(O)(C2CC2)CC1. The first-order chi connectivity index (χ1) is 6.12. The largest absolute Gasteiger partial charge is 0.481 e. The lowest BCUT2D eigenvalue weighted by Gasteiger charge is -2.34. The Hall–Kier alpha value is -0.570. The summed E-state index contributed by atoms with van der Waals surface area (Å²) in [6.45, 7) is 0. The van der Waals surface area contributed by atoms with Gasteiger partial charge in [-0.15, -0.1) is 0 Å². The van der Waals surface area contributed by atoms with Gasteiger partial charge in [-0.05, 0) is 44.4 Å². The first-order valence-electron chi connectivity index (χ1n) is 5.07. The lowest BCUT2D eigenvalue weighted by atomic mass is 9.76. The van der Waals surface area contributed by atoms with Gasteiger partial charge < -0.3 is 10.2 Å². The monoisotopic (exact) mass is 184 g/mol. The second-order valence-corrected chi connectivity index (χ2v) is 4.49. The summed E-state index contributed by atoms with van der Waals surface area (Å²) in [5, 5.41) is 18.9. The molecule has 2 N–H and O–H groups in total. The number of carbonyl (C=O) groups is 1. The number of hydrogen-bond acceptors (Lipinski definition) is 2. The van der Waals surface area contributed by atoms with E-state index in [1.807, 2.05) is 0 Å². The fourth-order valence-electron chi connectivity index (χ4n) is 2.39. The molecule has 0 aromatic rings. The molecule has 0 aromatic carbocycles. The molecule has 0 atom stereocenters. The van der Waals surface area contributed by atoms with Gasteiger partial charge in [0.05, 0.1) is 11.5 Å². The van der Waals surface area contributed by atoms with E-state index in [0.717, 1.165) is 12.8 Å². The topological polar surface area (TPSA) is 57.5 Å². The third-order valence-corrected chi connectivity index (χ3v) is 3.54. The Labute approximate surface area is 77.8 Å². The first kappa shape index (κ1) is 9.00. The zero-order chi connectivity index (χ0) is 9.47. The molecule has 0 aliphatic heterocycles. The van der Waals surface area contributed by atoms with E-state index in [1.165, 1.54) is 0 Å². The second kappa shape index (κ2) is 2.98. The van der Waals surface area contributed by atoms with Crippen molar-refractivity contribution in [2.45, 2.75) is 44.1 Å². The summed E-state index contributed by atoms with van der Waals surface area (Å²) >= 11 is 0. The summed E-state index contributed by atoms with van der Waals surface area (Å²) in [6, 6.07) is 0. The van der Waals surface area contributed by atoms with E-state index in [1.54, 1.807) is 0 Å². The molecule has 0 heterocycles. The van der Waals surface area contributed by atoms with Crippen molar-refractivity contribution in [2.24, 2.45) is 11.8 Å². The van der Waals surface area contributed by atoms with Crippen LogP contribution in [0.2, 0.25) is 0 Å². The number of rotatable bonds is 2. The molecule has 0 spiro atoms. The van der Waals surface area contributed by atoms with E-state index in [-0.39, 0.29) is 5.92 Å². The molecule has 74 valence electrons. The van der Waals surface area contributed by atoms with Crippen LogP contribution in [0.3, 0.4) is 0 Å². The molecule has 2 rings (SSSR count). The van der Waals surface area contributed by atoms with E-state index in [2.05, 4.69) is 0 Å². The molecule has 3 nitrogen and oxygen atoms in total. The molecule has 0 amide bonds. The molecule has 2 aliphatic carbocycles. The number of carboxylic acid groups (broad SMARTS) is 1. The van der Waals surface area contributed by atoms with Crippen LogP contribution in [0.4, 0.5) is 0 Å². The van der Waals surface area contributed by atoms with Crippen LogP contribution in [-0.2, 0) is 4.79 Å². The van der Waals surface area contributed by atoms with Crippen molar-refractivity contribution < 1.29 is 15.0 Å². The highest BCUT2D eigenvalue weighted by Crippen LogP contribution is 2.48. The van der Waals surface area contributed by atoms with E-state index in [0.29, 0.717) is 31.6 Å². The van der Waals surface area contributed by atoms with Crippen LogP contribution in [0.15, 0.2) is 0 Å². The molecule has 2 aliphatic rings. The van der Waals surface area contributed by atoms with Gasteiger partial charge >= 0.3 is 5.97 Å². The van der Waals surface area contributed by atoms with Crippen LogP contribution < -0.4 is 0 Å². The van der Waals surface area contributed by atoms with Gasteiger partial charge in [0, 0.05) is 0 Å². The van der Waals surface area contributed by atoms with Crippen LogP contribution >= 0.6 is 0 Å². The van der Waals surface area contributed by atoms with Gasteiger partial charge in [0.2, 0.25) is 0 Å². The predicted molar refractivity (Wildman–Crippen MR) is 47.3 cm³/mol. The highest BCUT2D eigenvalue weighted by Gasteiger charge is 2.46. The van der Waals surface area contributed by atoms with Crippen LogP contribution in [0.5, 0.6) is 0 Å². The maximum Gasteiger partial charge on any atom is 0.306 e. The third kappa shape index (κ3) is 1.70. The number of hydrogen-bond donors (Lipinski definition) is 2. The third-order valence-electron chi connectivity index (χ3n) is 3.54. The van der Waals surface area contributed by atoms with Crippen LogP contribution in [0, 0.1) is 11.8 Å². The summed E-state index contributed by atoms with van der Waals surface area (Å²) in [4.78, 5) is 10.7. The Bertz CT molecular complexity index is 212. The maximum absolute atomic E-state index is 10.7. The Morgan fingerprint density at radius 3 is 2.08 bits per heavy atom. The molecule has 2 saturated carbocycles. The van der Waals surface area contributed by atoms with Crippen LogP contribution in [-0.4, -0.2) is 21.8 Å². The average molecular weight is 184 g/mol. The van der Waals surface area contributed by atoms with Crippen molar-refractivity contribution in [3.05, 3.63) is 0 Å². The van der Waals surface area contributed by atoms with Crippen molar-refractivity contribution in [3.8, 4) is 0 Å². The smallest absolute Gasteiger partial charge is 0.306 e. The molecule has 3 heteroatoms. The molecule has 0 saturated heterocycles. The number of carboxylic acids is 1. The Morgan fingerprint density at radius 2 is 1.69 bits per heavy atom. The van der Waals surface area contributed by atoms with Crippen molar-refractivity contribution in [1.82, 2.24) is 0 Å². The van der Waals surface area contributed by atoms with Crippen LogP contribution in [0.25, 0.3) is 0 Å². The number of aliphatic hydroxyl groups is 1. The minimum Gasteiger partial charge on any atom is -0.481 e. The maximum atomic E-state index is 10.7. The van der Waals surface area contributed by atoms with Gasteiger partial charge in [0.15, 0.2) is 0 Å². The second-order valence-electron chi connectivity index (χ2n) is 4.49. The quantitative estimate of drug-likeness (QED) is 0.682. The standard InChI is InChI=1S/C10H16O3/c11-9(12)7-3-5-10(13,6-4-7)8-1-2-8/h7-8,13H,1-6H2,(H,11,12). The lowest BCUT2D eigenvalue weighted by Crippen LogP contribution is -2.37. The van der Waals surface area contributed by atoms with E-state index in [9.17, 15) is 9.90 Å². The summed E-state index contributed by atoms with van der Waals surface area (Å²) in [6.07, 6.45) is 4.95. The minimum atomic E-state index is -0.696. The molecule has 2 fully saturated rings. The van der Waals surface area contributed by atoms with Crippen molar-refractivity contribution in [2.75, 3.05) is 0 Å². The first-order valence-corrected chi connectivity index (χ1v) is 5.07. The molecular weight excluding hydrogens is 168 g/mol. The molecule has 0 unspecified atom stereocenters. The summed E-state index contributed by atoms with van der Waals surface area (Å²) < 4.78 is 0. The fraction of sp³-hybridized carbons (Fsp3) is 0.900. The van der Waals surface area contributed by atoms with Gasteiger partial charge in [-0.1, -0.05) is 0 Å². The average Bonchev–Trinajstić information content (AvgIpc) is 2.87. The van der Waals surface area contributed by atoms with E-state index in [4.69, 9.17) is 5.11 Å². The van der Waals surface area contributed by atoms with Gasteiger partial charge in [0.25, 0.3) is 0 Å². The molecular formula is C10H16O3. The van der Waals surface area contributed by atoms with Crippen molar-refractivity contribution in [1.29, 1.82) is 0 Å². The highest BCUT2D eigenvalue weighted by molar-refractivity contribution is 5.70. The molecule has 13 heavy (non-hydrogen) atoms. The summed E-state index contributed by atoms with van der Waals surface area (Å²) in [5.74, 6) is -0.431. The molecule has 0 radical (unpaired) electrons. The van der Waals surface area contributed by atoms with Gasteiger partial charge in [-0.3, -0.25) is 4.79 Å². The van der Waals surface area contributed by atoms with Gasteiger partial charge in [-0.2, -0.15) is 0 Å². The molecule has 0 aromatic heterocycles. The minimum absolute atomic E-state index is 0.209. The highest BCUT2D eigenvalue weighted by atomic mass is 16.4. The summed E-state index contributed by atoms with van der Waals surface area (Å²) in [7, 11) is 0. The predicted octanol–water partition coefficient (Wildman–Crippen LogP) is 1.40. The Kier molecular flexibility index (Phi) is 2.06. The number of aliphatic carboxylic acids is 1. The zero-order valence-electron chi connectivity index (χ0n) is 7.70. The van der Waals surface area contributed by atoms with Crippen LogP contribution in [0.1, 0.15) is 38.5 Å². The lowest BCUT2D eigenvalue weighted by molar-refractivity contribution is -0.145. The van der Waals surface area contributed by atoms with E-state index >= 15 is 0 Å². The fourth-order valence-corrected chi connectivity index (χ4v) is 2.39. The Morgan fingerprint density at radius 1 is 1.15 bits per heavy atom. The van der Waals surface area contributed by atoms with Crippen molar-refractivity contribution in [3.63, 3.8) is 0 Å². The normalized spacial score (nSPS) is 40.2. The van der Waals surface area contributed by atoms with Gasteiger partial charge in [0.1, 0.15) is 0 Å².